The number of fused-ring (bicyclic) bond motifs is 5. The molecule has 0 radical (unpaired) electrons. The van der Waals surface area contributed by atoms with Crippen LogP contribution in [-0.2, 0) is 6.54 Å². The number of aliphatic imine (C=N–C) groups is 1. The summed E-state index contributed by atoms with van der Waals surface area (Å²) in [7, 11) is 0. The lowest BCUT2D eigenvalue weighted by atomic mass is 10.0. The quantitative estimate of drug-likeness (QED) is 0.362. The number of likely N-dealkylation sites (tertiary alicyclic amines) is 1. The van der Waals surface area contributed by atoms with Crippen LogP contribution in [0.1, 0.15) is 56.1 Å². The molecule has 4 N–H and O–H groups in total. The molecule has 2 aliphatic carbocycles. The van der Waals surface area contributed by atoms with Gasteiger partial charge in [0.25, 0.3) is 0 Å². The molecular formula is C35H41N9. The zero-order valence-electron chi connectivity index (χ0n) is 25.3. The van der Waals surface area contributed by atoms with E-state index < -0.39 is 0 Å². The molecule has 2 aromatic heterocycles. The number of aromatic nitrogens is 2. The highest BCUT2D eigenvalue weighted by Crippen LogP contribution is 2.38. The number of nitrogens with one attached hydrogen (secondary N) is 4. The van der Waals surface area contributed by atoms with Crippen molar-refractivity contribution in [2.75, 3.05) is 37.6 Å². The van der Waals surface area contributed by atoms with E-state index in [2.05, 4.69) is 66.5 Å². The van der Waals surface area contributed by atoms with E-state index >= 15 is 0 Å². The first kappa shape index (κ1) is 26.3. The van der Waals surface area contributed by atoms with E-state index in [9.17, 15) is 0 Å². The molecule has 5 aliphatic heterocycles. The molecule has 9 rings (SSSR count). The van der Waals surface area contributed by atoms with E-state index in [4.69, 9.17) is 9.98 Å². The number of anilines is 1. The average Bonchev–Trinajstić information content (AvgIpc) is 3.97. The number of hydrogen-bond donors (Lipinski definition) is 4. The van der Waals surface area contributed by atoms with Crippen LogP contribution in [0.15, 0.2) is 82.6 Å². The minimum atomic E-state index is 0.211. The second-order valence-corrected chi connectivity index (χ2v) is 13.4. The summed E-state index contributed by atoms with van der Waals surface area (Å²) in [5.41, 5.74) is 11.4. The third-order valence-corrected chi connectivity index (χ3v) is 10.3. The lowest BCUT2D eigenvalue weighted by Crippen LogP contribution is -2.38. The Bertz CT molecular complexity index is 1640. The number of piperidine rings is 1. The monoisotopic (exact) mass is 587 g/mol. The molecule has 3 saturated heterocycles. The van der Waals surface area contributed by atoms with E-state index in [0.29, 0.717) is 6.04 Å². The van der Waals surface area contributed by atoms with Crippen LogP contribution in [0, 0.1) is 5.92 Å². The molecule has 9 nitrogen and oxygen atoms in total. The molecule has 0 spiro atoms. The van der Waals surface area contributed by atoms with Gasteiger partial charge in [-0.05, 0) is 74.4 Å². The highest BCUT2D eigenvalue weighted by atomic mass is 15.4. The molecule has 44 heavy (non-hydrogen) atoms. The van der Waals surface area contributed by atoms with Gasteiger partial charge < -0.3 is 31.1 Å². The molecule has 7 heterocycles. The zero-order chi connectivity index (χ0) is 29.0. The minimum absolute atomic E-state index is 0.211. The number of nitrogens with zero attached hydrogens (tertiary/aromatic N) is 5. The second kappa shape index (κ2) is 10.8. The Hall–Kier alpha value is -4.11. The van der Waals surface area contributed by atoms with Gasteiger partial charge in [0.2, 0.25) is 0 Å². The Balaban J connectivity index is 0.996. The summed E-state index contributed by atoms with van der Waals surface area (Å²) in [6, 6.07) is 5.17. The summed E-state index contributed by atoms with van der Waals surface area (Å²) in [6.45, 7) is 5.96. The van der Waals surface area contributed by atoms with Crippen LogP contribution >= 0.6 is 0 Å². The van der Waals surface area contributed by atoms with Gasteiger partial charge in [-0.25, -0.2) is 4.98 Å². The maximum atomic E-state index is 5.21. The largest absolute Gasteiger partial charge is 0.373 e. The van der Waals surface area contributed by atoms with Gasteiger partial charge >= 0.3 is 0 Å². The first-order valence-electron chi connectivity index (χ1n) is 16.7. The van der Waals surface area contributed by atoms with Crippen LogP contribution in [-0.4, -0.2) is 65.4 Å². The smallest absolute Gasteiger partial charge is 0.138 e. The predicted octanol–water partition coefficient (Wildman–Crippen LogP) is 3.90. The lowest BCUT2D eigenvalue weighted by Gasteiger charge is -2.34. The standard InChI is InChI=1S/C35H41N9/c1-4-10-43(11-5-1)30-9-8-28-32(41-28)34-33(30)39-20-29(42-34)31-27-13-25(18-40-35(27)44-21-26(44)19-38-31)24-12-23(16-37-17-24)15-36-14-22-6-2-3-7-22/h8-9,12-13,16-18,20,22,26,32,36,39,41-42H,1-7,10-11,14-15,19,21H2. The van der Waals surface area contributed by atoms with Crippen molar-refractivity contribution in [1.29, 1.82) is 0 Å². The summed E-state index contributed by atoms with van der Waals surface area (Å²) in [5, 5.41) is 14.8. The van der Waals surface area contributed by atoms with Gasteiger partial charge in [0.15, 0.2) is 0 Å². The van der Waals surface area contributed by atoms with Gasteiger partial charge in [0.05, 0.1) is 41.1 Å². The van der Waals surface area contributed by atoms with E-state index in [1.54, 1.807) is 0 Å². The van der Waals surface area contributed by atoms with Crippen molar-refractivity contribution < 1.29 is 0 Å². The van der Waals surface area contributed by atoms with Crippen LogP contribution in [0.2, 0.25) is 0 Å². The zero-order valence-corrected chi connectivity index (χ0v) is 25.3. The van der Waals surface area contributed by atoms with Crippen LogP contribution < -0.4 is 26.2 Å². The maximum absolute atomic E-state index is 5.21. The van der Waals surface area contributed by atoms with E-state index in [0.717, 1.165) is 79.1 Å². The Morgan fingerprint density at radius 3 is 2.75 bits per heavy atom. The number of rotatable bonds is 7. The van der Waals surface area contributed by atoms with Gasteiger partial charge in [-0.15, -0.1) is 0 Å². The molecule has 7 aliphatic rings. The topological polar surface area (TPSA) is 102 Å². The van der Waals surface area contributed by atoms with Crippen LogP contribution in [0.5, 0.6) is 0 Å². The normalized spacial score (nSPS) is 25.4. The van der Waals surface area contributed by atoms with Crippen molar-refractivity contribution in [2.24, 2.45) is 10.9 Å². The Morgan fingerprint density at radius 2 is 1.84 bits per heavy atom. The lowest BCUT2D eigenvalue weighted by molar-refractivity contribution is 0.287. The Labute approximate surface area is 259 Å². The number of pyridine rings is 2. The van der Waals surface area contributed by atoms with Gasteiger partial charge in [-0.3, -0.25) is 9.98 Å². The molecule has 4 fully saturated rings. The Morgan fingerprint density at radius 1 is 0.955 bits per heavy atom. The highest BCUT2D eigenvalue weighted by molar-refractivity contribution is 6.16. The summed E-state index contributed by atoms with van der Waals surface area (Å²) in [6.07, 6.45) is 21.9. The molecule has 2 atom stereocenters. The van der Waals surface area contributed by atoms with Gasteiger partial charge in [-0.2, -0.15) is 0 Å². The first-order chi connectivity index (χ1) is 21.8. The van der Waals surface area contributed by atoms with Crippen molar-refractivity contribution in [2.45, 2.75) is 63.6 Å². The fourth-order valence-electron chi connectivity index (χ4n) is 7.67. The maximum Gasteiger partial charge on any atom is 0.138 e. The highest BCUT2D eigenvalue weighted by Gasteiger charge is 2.42. The molecule has 0 bridgehead atoms. The summed E-state index contributed by atoms with van der Waals surface area (Å²) < 4.78 is 0. The van der Waals surface area contributed by atoms with Crippen molar-refractivity contribution in [3.63, 3.8) is 0 Å². The SMILES string of the molecule is C1=C(C2=NCC3CN3c3ncc(-c4cncc(CNCC5CCCC5)c4)cc32)NC2=C(N1)C(N1CCCCC1)=CC=C1NC12. The van der Waals surface area contributed by atoms with E-state index in [-0.39, 0.29) is 6.04 Å². The average molecular weight is 588 g/mol. The molecule has 1 saturated carbocycles. The Kier molecular flexibility index (Phi) is 6.46. The molecule has 226 valence electrons. The number of allylic oxidation sites excluding steroid dienone is 3. The van der Waals surface area contributed by atoms with Crippen LogP contribution in [0.4, 0.5) is 5.82 Å². The van der Waals surface area contributed by atoms with Crippen molar-refractivity contribution in [3.8, 4) is 11.1 Å². The summed E-state index contributed by atoms with van der Waals surface area (Å²) >= 11 is 0. The van der Waals surface area contributed by atoms with Crippen molar-refractivity contribution >= 4 is 11.5 Å². The molecule has 2 unspecified atom stereocenters. The summed E-state index contributed by atoms with van der Waals surface area (Å²) in [5.74, 6) is 1.85. The summed E-state index contributed by atoms with van der Waals surface area (Å²) in [4.78, 5) is 19.8. The van der Waals surface area contributed by atoms with E-state index in [1.165, 1.54) is 73.3 Å². The van der Waals surface area contributed by atoms with Gasteiger partial charge in [-0.1, -0.05) is 12.8 Å². The fraction of sp³-hybridized carbons (Fsp3) is 0.457. The fourth-order valence-corrected chi connectivity index (χ4v) is 7.67. The molecule has 0 aromatic carbocycles. The van der Waals surface area contributed by atoms with Gasteiger partial charge in [0.1, 0.15) is 11.9 Å². The minimum Gasteiger partial charge on any atom is -0.373 e. The van der Waals surface area contributed by atoms with Gasteiger partial charge in [0, 0.05) is 73.4 Å². The second-order valence-electron chi connectivity index (χ2n) is 13.4. The molecule has 2 aromatic rings. The number of hydrogen-bond acceptors (Lipinski definition) is 9. The molecule has 0 amide bonds. The molecular weight excluding hydrogens is 546 g/mol. The third-order valence-electron chi connectivity index (χ3n) is 10.3. The van der Waals surface area contributed by atoms with Crippen LogP contribution in [0.3, 0.4) is 0 Å². The van der Waals surface area contributed by atoms with Crippen LogP contribution in [0.25, 0.3) is 11.1 Å². The first-order valence-corrected chi connectivity index (χ1v) is 16.7. The van der Waals surface area contributed by atoms with E-state index in [1.807, 2.05) is 18.6 Å². The van der Waals surface area contributed by atoms with Crippen molar-refractivity contribution in [3.05, 3.63) is 88.7 Å². The molecule has 9 heteroatoms. The predicted molar refractivity (Wildman–Crippen MR) is 174 cm³/mol. The third kappa shape index (κ3) is 4.87. The van der Waals surface area contributed by atoms with Crippen molar-refractivity contribution in [1.82, 2.24) is 36.1 Å².